The average Bonchev–Trinajstić information content (AvgIpc) is 2.63. The van der Waals surface area contributed by atoms with Crippen LogP contribution in [0.5, 0.6) is 11.5 Å². The number of halogens is 3. The van der Waals surface area contributed by atoms with Gasteiger partial charge in [0.25, 0.3) is 0 Å². The summed E-state index contributed by atoms with van der Waals surface area (Å²) >= 11 is 0. The highest BCUT2D eigenvalue weighted by Crippen LogP contribution is 2.32. The van der Waals surface area contributed by atoms with Gasteiger partial charge >= 0.3 is 12.1 Å². The van der Waals surface area contributed by atoms with Crippen LogP contribution in [0.15, 0.2) is 54.6 Å². The summed E-state index contributed by atoms with van der Waals surface area (Å²) in [6.07, 6.45) is -0.359. The lowest BCUT2D eigenvalue weighted by atomic mass is 10.0. The van der Waals surface area contributed by atoms with E-state index >= 15 is 0 Å². The Morgan fingerprint density at radius 1 is 1.00 bits per heavy atom. The summed E-state index contributed by atoms with van der Waals surface area (Å²) in [6.45, 7) is 0. The van der Waals surface area contributed by atoms with Gasteiger partial charge in [-0.05, 0) is 41.0 Å². The zero-order chi connectivity index (χ0) is 20.0. The van der Waals surface area contributed by atoms with Gasteiger partial charge in [-0.25, -0.2) is 4.79 Å². The highest BCUT2D eigenvalue weighted by atomic mass is 19.4. The maximum Gasteiger partial charge on any atom is 0.416 e. The van der Waals surface area contributed by atoms with Gasteiger partial charge < -0.3 is 14.6 Å². The number of rotatable bonds is 6. The molecule has 0 saturated carbocycles. The molecule has 0 spiro atoms. The lowest BCUT2D eigenvalue weighted by molar-refractivity contribution is -0.137. The van der Waals surface area contributed by atoms with Crippen molar-refractivity contribution in [1.82, 2.24) is 0 Å². The summed E-state index contributed by atoms with van der Waals surface area (Å²) in [5.41, 5.74) is 0.655. The van der Waals surface area contributed by atoms with E-state index in [4.69, 9.17) is 14.6 Å². The number of carboxylic acid groups (broad SMARTS) is 1. The van der Waals surface area contributed by atoms with Crippen LogP contribution in [0, 0.1) is 0 Å². The molecule has 0 unspecified atom stereocenters. The van der Waals surface area contributed by atoms with Crippen molar-refractivity contribution in [2.45, 2.75) is 6.18 Å². The summed E-state index contributed by atoms with van der Waals surface area (Å²) in [5, 5.41) is 9.10. The normalized spacial score (nSPS) is 12.3. The second kappa shape index (κ2) is 8.44. The molecule has 0 aliphatic carbocycles. The van der Waals surface area contributed by atoms with E-state index in [2.05, 4.69) is 0 Å². The fourth-order valence-electron chi connectivity index (χ4n) is 2.35. The Hall–Kier alpha value is -3.22. The van der Waals surface area contributed by atoms with Crippen molar-refractivity contribution in [3.63, 3.8) is 0 Å². The predicted octanol–water partition coefficient (Wildman–Crippen LogP) is 4.90. The third kappa shape index (κ3) is 5.37. The number of benzene rings is 2. The Labute approximate surface area is 154 Å². The second-order valence-electron chi connectivity index (χ2n) is 5.46. The highest BCUT2D eigenvalue weighted by Gasteiger charge is 2.29. The molecule has 0 fully saturated rings. The van der Waals surface area contributed by atoms with Gasteiger partial charge in [-0.1, -0.05) is 30.4 Å². The van der Waals surface area contributed by atoms with E-state index in [-0.39, 0.29) is 0 Å². The molecule has 0 radical (unpaired) electrons. The first-order valence-electron chi connectivity index (χ1n) is 7.77. The van der Waals surface area contributed by atoms with Gasteiger partial charge in [-0.2, -0.15) is 13.2 Å². The fraction of sp³-hybridized carbons (Fsp3) is 0.150. The molecule has 0 atom stereocenters. The van der Waals surface area contributed by atoms with Crippen molar-refractivity contribution in [2.75, 3.05) is 14.2 Å². The molecule has 2 aromatic rings. The van der Waals surface area contributed by atoms with Gasteiger partial charge in [0.05, 0.1) is 19.8 Å². The zero-order valence-electron chi connectivity index (χ0n) is 14.6. The largest absolute Gasteiger partial charge is 0.493 e. The molecule has 0 aromatic heterocycles. The van der Waals surface area contributed by atoms with Crippen LogP contribution in [-0.4, -0.2) is 25.3 Å². The minimum atomic E-state index is -4.41. The van der Waals surface area contributed by atoms with E-state index in [1.54, 1.807) is 18.2 Å². The summed E-state index contributed by atoms with van der Waals surface area (Å²) in [5.74, 6) is -0.242. The number of methoxy groups -OCH3 is 2. The Balaban J connectivity index is 2.35. The summed E-state index contributed by atoms with van der Waals surface area (Å²) in [6, 6.07) is 9.47. The van der Waals surface area contributed by atoms with Crippen LogP contribution < -0.4 is 9.47 Å². The first kappa shape index (κ1) is 20.1. The monoisotopic (exact) mass is 378 g/mol. The number of ether oxygens (including phenoxy) is 2. The van der Waals surface area contributed by atoms with Crippen LogP contribution in [0.25, 0.3) is 11.6 Å². The molecule has 2 aromatic carbocycles. The molecular formula is C20H17F3O4. The van der Waals surface area contributed by atoms with Crippen LogP contribution in [-0.2, 0) is 11.0 Å². The molecule has 0 aliphatic rings. The molecule has 0 amide bonds. The first-order chi connectivity index (χ1) is 12.7. The maximum atomic E-state index is 12.6. The number of aliphatic carboxylic acids is 1. The lowest BCUT2D eigenvalue weighted by Gasteiger charge is -2.10. The second-order valence-corrected chi connectivity index (χ2v) is 5.46. The summed E-state index contributed by atoms with van der Waals surface area (Å²) in [7, 11) is 2.94. The minimum absolute atomic E-state index is 0.350. The molecule has 4 nitrogen and oxygen atoms in total. The van der Waals surface area contributed by atoms with E-state index in [0.29, 0.717) is 28.2 Å². The van der Waals surface area contributed by atoms with Crippen molar-refractivity contribution >= 4 is 17.6 Å². The van der Waals surface area contributed by atoms with Crippen molar-refractivity contribution in [2.24, 2.45) is 0 Å². The number of hydrogen-bond donors (Lipinski definition) is 1. The zero-order valence-corrected chi connectivity index (χ0v) is 14.6. The van der Waals surface area contributed by atoms with Crippen LogP contribution >= 0.6 is 0 Å². The van der Waals surface area contributed by atoms with E-state index in [9.17, 15) is 18.0 Å². The average molecular weight is 378 g/mol. The minimum Gasteiger partial charge on any atom is -0.493 e. The van der Waals surface area contributed by atoms with Gasteiger partial charge in [0.2, 0.25) is 0 Å². The van der Waals surface area contributed by atoms with Gasteiger partial charge in [-0.15, -0.1) is 0 Å². The van der Waals surface area contributed by atoms with Gasteiger partial charge in [0.15, 0.2) is 11.5 Å². The van der Waals surface area contributed by atoms with Crippen LogP contribution in [0.2, 0.25) is 0 Å². The van der Waals surface area contributed by atoms with Gasteiger partial charge in [0.1, 0.15) is 0 Å². The molecule has 0 heterocycles. The standard InChI is InChI=1S/C20H17F3O4/c1-26-17-10-7-14(11-18(17)27-2)15(12-19(24)25)6-3-13-4-8-16(9-5-13)20(21,22)23/h3-12H,1-2H3,(H,24,25). The molecule has 0 saturated heterocycles. The molecule has 1 N–H and O–H groups in total. The molecule has 2 rings (SSSR count). The molecule has 0 bridgehead atoms. The lowest BCUT2D eigenvalue weighted by Crippen LogP contribution is -2.03. The quantitative estimate of drug-likeness (QED) is 0.574. The van der Waals surface area contributed by atoms with Gasteiger partial charge in [0, 0.05) is 6.08 Å². The van der Waals surface area contributed by atoms with Crippen LogP contribution in [0.4, 0.5) is 13.2 Å². The Morgan fingerprint density at radius 2 is 1.63 bits per heavy atom. The number of carbonyl (C=O) groups is 1. The topological polar surface area (TPSA) is 55.8 Å². The molecule has 27 heavy (non-hydrogen) atoms. The third-order valence-corrected chi connectivity index (χ3v) is 3.69. The fourth-order valence-corrected chi connectivity index (χ4v) is 2.35. The highest BCUT2D eigenvalue weighted by molar-refractivity contribution is 5.94. The van der Waals surface area contributed by atoms with Crippen molar-refractivity contribution in [1.29, 1.82) is 0 Å². The number of carboxylic acids is 1. The number of hydrogen-bond acceptors (Lipinski definition) is 3. The SMILES string of the molecule is COc1ccc(C(C=Cc2ccc(C(F)(F)F)cc2)=CC(=O)O)cc1OC. The van der Waals surface area contributed by atoms with E-state index in [0.717, 1.165) is 18.2 Å². The molecule has 142 valence electrons. The van der Waals surface area contributed by atoms with Gasteiger partial charge in [-0.3, -0.25) is 0 Å². The van der Waals surface area contributed by atoms with Crippen molar-refractivity contribution in [3.05, 3.63) is 71.3 Å². The predicted molar refractivity (Wildman–Crippen MR) is 95.6 cm³/mol. The van der Waals surface area contributed by atoms with Crippen molar-refractivity contribution < 1.29 is 32.5 Å². The third-order valence-electron chi connectivity index (χ3n) is 3.69. The Bertz CT molecular complexity index is 866. The van der Waals surface area contributed by atoms with E-state index < -0.39 is 17.7 Å². The van der Waals surface area contributed by atoms with E-state index in [1.807, 2.05) is 0 Å². The molecule has 7 heteroatoms. The summed E-state index contributed by atoms with van der Waals surface area (Å²) in [4.78, 5) is 11.1. The number of alkyl halides is 3. The summed E-state index contributed by atoms with van der Waals surface area (Å²) < 4.78 is 48.2. The Kier molecular flexibility index (Phi) is 6.28. The molecule has 0 aliphatic heterocycles. The van der Waals surface area contributed by atoms with Crippen LogP contribution in [0.3, 0.4) is 0 Å². The smallest absolute Gasteiger partial charge is 0.416 e. The maximum absolute atomic E-state index is 12.6. The molecular weight excluding hydrogens is 361 g/mol. The van der Waals surface area contributed by atoms with Crippen LogP contribution in [0.1, 0.15) is 16.7 Å². The first-order valence-corrected chi connectivity index (χ1v) is 7.77. The Morgan fingerprint density at radius 3 is 2.15 bits per heavy atom. The van der Waals surface area contributed by atoms with Crippen molar-refractivity contribution in [3.8, 4) is 11.5 Å². The van der Waals surface area contributed by atoms with E-state index in [1.165, 1.54) is 38.5 Å². The number of allylic oxidation sites excluding steroid dienone is 2.